The van der Waals surface area contributed by atoms with Gasteiger partial charge in [0.15, 0.2) is 0 Å². The highest BCUT2D eigenvalue weighted by molar-refractivity contribution is 6.08. The molecule has 0 heterocycles. The fourth-order valence-corrected chi connectivity index (χ4v) is 2.11. The zero-order chi connectivity index (χ0) is 12.5. The van der Waals surface area contributed by atoms with Crippen molar-refractivity contribution in [2.45, 2.75) is 39.2 Å². The van der Waals surface area contributed by atoms with Crippen LogP contribution in [0.5, 0.6) is 0 Å². The standard InChI is InChI=1S/C11H16O5/c1-3-7(12)11(2)8(13)4-6(10(15)16)5-9(11)14/h6,8,13H,3-5H2,1-2H3,(H,15,16). The molecule has 0 spiro atoms. The Kier molecular flexibility index (Phi) is 3.48. The van der Waals surface area contributed by atoms with E-state index in [4.69, 9.17) is 5.11 Å². The number of carbonyl (C=O) groups excluding carboxylic acids is 2. The lowest BCUT2D eigenvalue weighted by Gasteiger charge is -2.37. The van der Waals surface area contributed by atoms with Gasteiger partial charge >= 0.3 is 5.97 Å². The van der Waals surface area contributed by atoms with E-state index in [0.29, 0.717) is 0 Å². The van der Waals surface area contributed by atoms with E-state index in [1.165, 1.54) is 6.92 Å². The lowest BCUT2D eigenvalue weighted by atomic mass is 9.66. The van der Waals surface area contributed by atoms with Gasteiger partial charge in [0.2, 0.25) is 0 Å². The molecule has 1 aliphatic carbocycles. The number of hydrogen-bond acceptors (Lipinski definition) is 4. The maximum absolute atomic E-state index is 11.8. The summed E-state index contributed by atoms with van der Waals surface area (Å²) in [6, 6.07) is 0. The number of hydrogen-bond donors (Lipinski definition) is 2. The maximum Gasteiger partial charge on any atom is 0.307 e. The molecule has 1 fully saturated rings. The van der Waals surface area contributed by atoms with Gasteiger partial charge in [-0.1, -0.05) is 6.92 Å². The number of carbonyl (C=O) groups is 3. The average molecular weight is 228 g/mol. The lowest BCUT2D eigenvalue weighted by molar-refractivity contribution is -0.160. The minimum atomic E-state index is -1.42. The molecule has 90 valence electrons. The molecule has 0 radical (unpaired) electrons. The molecule has 0 amide bonds. The van der Waals surface area contributed by atoms with E-state index in [2.05, 4.69) is 0 Å². The number of rotatable bonds is 3. The molecule has 1 rings (SSSR count). The van der Waals surface area contributed by atoms with Crippen molar-refractivity contribution in [1.29, 1.82) is 0 Å². The quantitative estimate of drug-likeness (QED) is 0.682. The number of ketones is 2. The van der Waals surface area contributed by atoms with Crippen molar-refractivity contribution in [3.05, 3.63) is 0 Å². The molecule has 0 aliphatic heterocycles. The molecule has 0 bridgehead atoms. The molecule has 0 aromatic heterocycles. The Hall–Kier alpha value is -1.23. The van der Waals surface area contributed by atoms with E-state index in [1.807, 2.05) is 0 Å². The Bertz CT molecular complexity index is 335. The first kappa shape index (κ1) is 12.8. The van der Waals surface area contributed by atoms with Crippen LogP contribution in [0.3, 0.4) is 0 Å². The number of aliphatic hydroxyl groups is 1. The van der Waals surface area contributed by atoms with E-state index in [1.54, 1.807) is 6.92 Å². The summed E-state index contributed by atoms with van der Waals surface area (Å²) in [5.41, 5.74) is -1.42. The van der Waals surface area contributed by atoms with Gasteiger partial charge in [-0.05, 0) is 13.3 Å². The van der Waals surface area contributed by atoms with Crippen molar-refractivity contribution in [1.82, 2.24) is 0 Å². The molecule has 1 saturated carbocycles. The SMILES string of the molecule is CCC(=O)C1(C)C(=O)CC(C(=O)O)CC1O. The first-order valence-corrected chi connectivity index (χ1v) is 5.31. The summed E-state index contributed by atoms with van der Waals surface area (Å²) in [7, 11) is 0. The zero-order valence-electron chi connectivity index (χ0n) is 9.40. The van der Waals surface area contributed by atoms with Crippen LogP contribution in [-0.2, 0) is 14.4 Å². The molecule has 5 heteroatoms. The molecule has 1 aliphatic rings. The maximum atomic E-state index is 11.8. The van der Waals surface area contributed by atoms with Gasteiger partial charge in [-0.3, -0.25) is 14.4 Å². The topological polar surface area (TPSA) is 91.7 Å². The van der Waals surface area contributed by atoms with E-state index in [9.17, 15) is 19.5 Å². The molecule has 2 N–H and O–H groups in total. The minimum Gasteiger partial charge on any atom is -0.481 e. The zero-order valence-corrected chi connectivity index (χ0v) is 9.40. The Morgan fingerprint density at radius 1 is 1.50 bits per heavy atom. The monoisotopic (exact) mass is 228 g/mol. The summed E-state index contributed by atoms with van der Waals surface area (Å²) >= 11 is 0. The Morgan fingerprint density at radius 2 is 2.06 bits per heavy atom. The highest BCUT2D eigenvalue weighted by Crippen LogP contribution is 2.37. The van der Waals surface area contributed by atoms with Crippen LogP contribution in [0.25, 0.3) is 0 Å². The van der Waals surface area contributed by atoms with Crippen molar-refractivity contribution < 1.29 is 24.6 Å². The van der Waals surface area contributed by atoms with Crippen molar-refractivity contribution in [2.24, 2.45) is 11.3 Å². The predicted octanol–water partition coefficient (Wildman–Crippen LogP) is 0.396. The van der Waals surface area contributed by atoms with Crippen LogP contribution in [0.2, 0.25) is 0 Å². The van der Waals surface area contributed by atoms with Crippen LogP contribution in [0, 0.1) is 11.3 Å². The van der Waals surface area contributed by atoms with Crippen LogP contribution in [0.15, 0.2) is 0 Å². The minimum absolute atomic E-state index is 0.0384. The first-order valence-electron chi connectivity index (χ1n) is 5.31. The smallest absolute Gasteiger partial charge is 0.307 e. The number of aliphatic carboxylic acids is 1. The lowest BCUT2D eigenvalue weighted by Crippen LogP contribution is -2.52. The highest BCUT2D eigenvalue weighted by Gasteiger charge is 2.51. The van der Waals surface area contributed by atoms with Crippen LogP contribution < -0.4 is 0 Å². The van der Waals surface area contributed by atoms with Gasteiger partial charge in [0.05, 0.1) is 12.0 Å². The fraction of sp³-hybridized carbons (Fsp3) is 0.727. The second-order valence-corrected chi connectivity index (χ2v) is 4.39. The van der Waals surface area contributed by atoms with Gasteiger partial charge in [0, 0.05) is 12.8 Å². The van der Waals surface area contributed by atoms with E-state index in [0.717, 1.165) is 0 Å². The molecular weight excluding hydrogens is 212 g/mol. The van der Waals surface area contributed by atoms with Crippen LogP contribution >= 0.6 is 0 Å². The second-order valence-electron chi connectivity index (χ2n) is 4.39. The van der Waals surface area contributed by atoms with Crippen LogP contribution in [0.1, 0.15) is 33.1 Å². The van der Waals surface area contributed by atoms with E-state index >= 15 is 0 Å². The van der Waals surface area contributed by atoms with Crippen LogP contribution in [0.4, 0.5) is 0 Å². The first-order chi connectivity index (χ1) is 7.33. The molecule has 3 atom stereocenters. The third kappa shape index (κ3) is 1.87. The summed E-state index contributed by atoms with van der Waals surface area (Å²) in [6.07, 6.45) is -1.24. The van der Waals surface area contributed by atoms with Gasteiger partial charge in [-0.25, -0.2) is 0 Å². The molecule has 5 nitrogen and oxygen atoms in total. The van der Waals surface area contributed by atoms with Gasteiger partial charge in [0.1, 0.15) is 17.0 Å². The number of aliphatic hydroxyl groups excluding tert-OH is 1. The molecule has 0 saturated heterocycles. The van der Waals surface area contributed by atoms with Crippen molar-refractivity contribution in [3.8, 4) is 0 Å². The molecule has 16 heavy (non-hydrogen) atoms. The average Bonchev–Trinajstić information content (AvgIpc) is 2.23. The Labute approximate surface area is 93.5 Å². The van der Waals surface area contributed by atoms with Crippen molar-refractivity contribution >= 4 is 17.5 Å². The predicted molar refractivity (Wildman–Crippen MR) is 54.8 cm³/mol. The number of Topliss-reactive ketones (excluding diaryl/α,β-unsaturated/α-hetero) is 2. The van der Waals surface area contributed by atoms with E-state index < -0.39 is 29.2 Å². The van der Waals surface area contributed by atoms with Crippen molar-refractivity contribution in [2.75, 3.05) is 0 Å². The van der Waals surface area contributed by atoms with Crippen LogP contribution in [-0.4, -0.2) is 33.9 Å². The number of carboxylic acids is 1. The largest absolute Gasteiger partial charge is 0.481 e. The van der Waals surface area contributed by atoms with Gasteiger partial charge < -0.3 is 10.2 Å². The summed E-state index contributed by atoms with van der Waals surface area (Å²) in [5, 5.41) is 18.6. The normalized spacial score (nSPS) is 34.8. The summed E-state index contributed by atoms with van der Waals surface area (Å²) in [5.74, 6) is -2.77. The third-order valence-corrected chi connectivity index (χ3v) is 3.43. The fourth-order valence-electron chi connectivity index (χ4n) is 2.11. The Morgan fingerprint density at radius 3 is 2.44 bits per heavy atom. The highest BCUT2D eigenvalue weighted by atomic mass is 16.4. The Balaban J connectivity index is 2.96. The third-order valence-electron chi connectivity index (χ3n) is 3.43. The van der Waals surface area contributed by atoms with E-state index in [-0.39, 0.29) is 25.0 Å². The molecule has 0 aromatic rings. The second kappa shape index (κ2) is 4.33. The molecular formula is C11H16O5. The molecule has 3 unspecified atom stereocenters. The summed E-state index contributed by atoms with van der Waals surface area (Å²) in [6.45, 7) is 3.03. The molecule has 0 aromatic carbocycles. The number of carboxylic acid groups (broad SMARTS) is 1. The van der Waals surface area contributed by atoms with Gasteiger partial charge in [-0.15, -0.1) is 0 Å². The van der Waals surface area contributed by atoms with Gasteiger partial charge in [-0.2, -0.15) is 0 Å². The summed E-state index contributed by atoms with van der Waals surface area (Å²) in [4.78, 5) is 34.2. The summed E-state index contributed by atoms with van der Waals surface area (Å²) < 4.78 is 0. The van der Waals surface area contributed by atoms with Gasteiger partial charge in [0.25, 0.3) is 0 Å². The van der Waals surface area contributed by atoms with Crippen molar-refractivity contribution in [3.63, 3.8) is 0 Å².